The van der Waals surface area contributed by atoms with Gasteiger partial charge >= 0.3 is 5.97 Å². The number of hydrogen-bond donors (Lipinski definition) is 3. The molecule has 2 aromatic rings. The topological polar surface area (TPSA) is 85.2 Å². The number of carboxylic acid groups (broad SMARTS) is 1. The molecule has 0 amide bonds. The van der Waals surface area contributed by atoms with E-state index in [4.69, 9.17) is 4.99 Å². The predicted octanol–water partition coefficient (Wildman–Crippen LogP) is 6.88. The Morgan fingerprint density at radius 3 is 2.72 bits per heavy atom. The van der Waals surface area contributed by atoms with E-state index in [1.807, 2.05) is 0 Å². The molecule has 4 aliphatic rings. The van der Waals surface area contributed by atoms with Gasteiger partial charge in [-0.2, -0.15) is 0 Å². The van der Waals surface area contributed by atoms with Gasteiger partial charge in [-0.05, 0) is 65.5 Å². The summed E-state index contributed by atoms with van der Waals surface area (Å²) in [7, 11) is 0. The van der Waals surface area contributed by atoms with Gasteiger partial charge < -0.3 is 20.4 Å². The van der Waals surface area contributed by atoms with Crippen LogP contribution < -0.4 is 10.2 Å². The van der Waals surface area contributed by atoms with Crippen molar-refractivity contribution in [1.29, 1.82) is 0 Å². The maximum Gasteiger partial charge on any atom is 0.339 e. The van der Waals surface area contributed by atoms with Crippen LogP contribution in [0.4, 0.5) is 17.1 Å². The second-order valence-electron chi connectivity index (χ2n) is 12.4. The number of aliphatic imine (C=N–C) groups is 1. The number of fused-ring (bicyclic) bond motifs is 2. The Bertz CT molecular complexity index is 1270. The number of carboxylic acids is 1. The van der Waals surface area contributed by atoms with Gasteiger partial charge in [-0.15, -0.1) is 0 Å². The standard InChI is InChI=1S/C33H43N3O3/c1-3-22-16-35-32-30(22)27(15-29(31(32)33(38)39)36-12-11-21(18-36)19-37)24-9-10-25-13-26(17-34-28(25)14-24)20(2)23-7-5-4-6-8-23/h9-10,14-15,17,20-23,26,35,37H,3-8,11-13,16,18-19H2,1-2H3,(H,38,39)/t20?,21-,22?,26?/m0/s1. The van der Waals surface area contributed by atoms with Gasteiger partial charge in [0, 0.05) is 50.2 Å². The van der Waals surface area contributed by atoms with E-state index in [-0.39, 0.29) is 18.4 Å². The number of anilines is 2. The number of aromatic carboxylic acids is 1. The van der Waals surface area contributed by atoms with Crippen molar-refractivity contribution in [3.63, 3.8) is 0 Å². The second-order valence-corrected chi connectivity index (χ2v) is 12.4. The molecule has 0 bridgehead atoms. The highest BCUT2D eigenvalue weighted by molar-refractivity contribution is 6.05. The van der Waals surface area contributed by atoms with Crippen LogP contribution in [0, 0.1) is 23.7 Å². The molecule has 2 aromatic carbocycles. The first-order chi connectivity index (χ1) is 19.0. The van der Waals surface area contributed by atoms with Crippen LogP contribution >= 0.6 is 0 Å². The molecule has 2 fully saturated rings. The molecule has 39 heavy (non-hydrogen) atoms. The number of benzene rings is 2. The highest BCUT2D eigenvalue weighted by Crippen LogP contribution is 2.48. The first-order valence-corrected chi connectivity index (χ1v) is 15.2. The third-order valence-electron chi connectivity index (χ3n) is 10.2. The summed E-state index contributed by atoms with van der Waals surface area (Å²) in [6.45, 7) is 6.94. The largest absolute Gasteiger partial charge is 0.478 e. The monoisotopic (exact) mass is 529 g/mol. The first-order valence-electron chi connectivity index (χ1n) is 15.2. The van der Waals surface area contributed by atoms with Gasteiger partial charge in [0.2, 0.25) is 0 Å². The SMILES string of the molecule is CCC1CNc2c(C(=O)O)c(N3CC[C@H](CO)C3)cc(-c3ccc4c(c3)N=CC(C(C)C3CCCCC3)C4)c21. The number of carbonyl (C=O) groups is 1. The van der Waals surface area contributed by atoms with Gasteiger partial charge in [-0.1, -0.05) is 58.1 Å². The maximum absolute atomic E-state index is 12.6. The molecule has 0 radical (unpaired) electrons. The lowest BCUT2D eigenvalue weighted by molar-refractivity contribution is 0.0698. The number of hydrogen-bond acceptors (Lipinski definition) is 5. The van der Waals surface area contributed by atoms with Crippen LogP contribution in [-0.4, -0.2) is 48.6 Å². The molecule has 0 aromatic heterocycles. The number of nitrogens with zero attached hydrogens (tertiary/aromatic N) is 2. The van der Waals surface area contributed by atoms with E-state index in [0.29, 0.717) is 23.9 Å². The molecule has 6 nitrogen and oxygen atoms in total. The molecule has 6 rings (SSSR count). The molecular weight excluding hydrogens is 486 g/mol. The summed E-state index contributed by atoms with van der Waals surface area (Å²) < 4.78 is 0. The Morgan fingerprint density at radius 2 is 2.00 bits per heavy atom. The van der Waals surface area contributed by atoms with Gasteiger partial charge in [0.1, 0.15) is 5.56 Å². The van der Waals surface area contributed by atoms with Crippen LogP contribution in [0.3, 0.4) is 0 Å². The molecule has 1 saturated heterocycles. The summed E-state index contributed by atoms with van der Waals surface area (Å²) in [4.78, 5) is 19.7. The number of aliphatic hydroxyl groups is 1. The molecule has 0 spiro atoms. The average molecular weight is 530 g/mol. The van der Waals surface area contributed by atoms with Crippen molar-refractivity contribution < 1.29 is 15.0 Å². The van der Waals surface area contributed by atoms with Crippen LogP contribution in [-0.2, 0) is 6.42 Å². The van der Waals surface area contributed by atoms with Gasteiger partial charge in [-0.25, -0.2) is 4.79 Å². The molecule has 3 unspecified atom stereocenters. The van der Waals surface area contributed by atoms with Crippen LogP contribution in [0.2, 0.25) is 0 Å². The van der Waals surface area contributed by atoms with Crippen molar-refractivity contribution in [2.24, 2.45) is 28.7 Å². The Kier molecular flexibility index (Phi) is 7.41. The third-order valence-corrected chi connectivity index (χ3v) is 10.2. The van der Waals surface area contributed by atoms with Crippen molar-refractivity contribution >= 4 is 29.2 Å². The lowest BCUT2D eigenvalue weighted by atomic mass is 9.73. The van der Waals surface area contributed by atoms with E-state index in [9.17, 15) is 15.0 Å². The zero-order valence-corrected chi connectivity index (χ0v) is 23.5. The Morgan fingerprint density at radius 1 is 1.18 bits per heavy atom. The number of nitrogens with one attached hydrogen (secondary N) is 1. The van der Waals surface area contributed by atoms with E-state index in [1.54, 1.807) is 0 Å². The summed E-state index contributed by atoms with van der Waals surface area (Å²) in [6, 6.07) is 8.83. The Balaban J connectivity index is 1.37. The molecule has 1 aliphatic carbocycles. The van der Waals surface area contributed by atoms with E-state index in [0.717, 1.165) is 72.0 Å². The summed E-state index contributed by atoms with van der Waals surface area (Å²) in [5, 5.41) is 23.5. The van der Waals surface area contributed by atoms with Crippen LogP contribution in [0.25, 0.3) is 11.1 Å². The molecule has 3 N–H and O–H groups in total. The van der Waals surface area contributed by atoms with E-state index in [2.05, 4.69) is 54.5 Å². The Labute approximate surface area is 232 Å². The van der Waals surface area contributed by atoms with E-state index >= 15 is 0 Å². The quantitative estimate of drug-likeness (QED) is 0.364. The molecule has 6 heteroatoms. The smallest absolute Gasteiger partial charge is 0.339 e. The summed E-state index contributed by atoms with van der Waals surface area (Å²) in [5.74, 6) is 1.54. The molecule has 208 valence electrons. The van der Waals surface area contributed by atoms with Gasteiger partial charge in [0.25, 0.3) is 0 Å². The van der Waals surface area contributed by atoms with Crippen LogP contribution in [0.5, 0.6) is 0 Å². The zero-order chi connectivity index (χ0) is 27.1. The molecule has 3 heterocycles. The highest BCUT2D eigenvalue weighted by atomic mass is 16.4. The van der Waals surface area contributed by atoms with Crippen molar-refractivity contribution in [3.8, 4) is 11.1 Å². The maximum atomic E-state index is 12.6. The van der Waals surface area contributed by atoms with Gasteiger partial charge in [0.15, 0.2) is 0 Å². The lowest BCUT2D eigenvalue weighted by Gasteiger charge is -2.33. The summed E-state index contributed by atoms with van der Waals surface area (Å²) >= 11 is 0. The molecule has 4 atom stereocenters. The minimum absolute atomic E-state index is 0.135. The fourth-order valence-corrected chi connectivity index (χ4v) is 7.71. The van der Waals surface area contributed by atoms with E-state index in [1.165, 1.54) is 37.7 Å². The Hall–Kier alpha value is -2.86. The summed E-state index contributed by atoms with van der Waals surface area (Å²) in [5.41, 5.74) is 7.64. The minimum atomic E-state index is -0.891. The third kappa shape index (κ3) is 4.86. The summed E-state index contributed by atoms with van der Waals surface area (Å²) in [6.07, 6.45) is 11.9. The molecule has 3 aliphatic heterocycles. The van der Waals surface area contributed by atoms with Crippen LogP contribution in [0.15, 0.2) is 29.3 Å². The number of aliphatic hydroxyl groups excluding tert-OH is 1. The van der Waals surface area contributed by atoms with Crippen molar-refractivity contribution in [2.75, 3.05) is 36.5 Å². The zero-order valence-electron chi connectivity index (χ0n) is 23.5. The second kappa shape index (κ2) is 11.0. The van der Waals surface area contributed by atoms with Crippen molar-refractivity contribution in [2.45, 2.75) is 71.1 Å². The minimum Gasteiger partial charge on any atom is -0.478 e. The molecule has 1 saturated carbocycles. The number of rotatable bonds is 7. The van der Waals surface area contributed by atoms with Crippen molar-refractivity contribution in [3.05, 3.63) is 41.0 Å². The highest BCUT2D eigenvalue weighted by Gasteiger charge is 2.35. The molecular formula is C33H43N3O3. The lowest BCUT2D eigenvalue weighted by Crippen LogP contribution is -2.26. The van der Waals surface area contributed by atoms with E-state index < -0.39 is 5.97 Å². The first kappa shape index (κ1) is 26.4. The predicted molar refractivity (Wildman–Crippen MR) is 159 cm³/mol. The van der Waals surface area contributed by atoms with Crippen molar-refractivity contribution in [1.82, 2.24) is 0 Å². The van der Waals surface area contributed by atoms with Gasteiger partial charge in [0.05, 0.1) is 17.1 Å². The fourth-order valence-electron chi connectivity index (χ4n) is 7.71. The normalized spacial score (nSPS) is 25.3. The van der Waals surface area contributed by atoms with Gasteiger partial charge in [-0.3, -0.25) is 4.99 Å². The fraction of sp³-hybridized carbons (Fsp3) is 0.576. The average Bonchev–Trinajstić information content (AvgIpc) is 3.63. The van der Waals surface area contributed by atoms with Crippen LogP contribution in [0.1, 0.15) is 86.2 Å².